The predicted molar refractivity (Wildman–Crippen MR) is 66.3 cm³/mol. The summed E-state index contributed by atoms with van der Waals surface area (Å²) in [5.74, 6) is 0.557. The Morgan fingerprint density at radius 2 is 2.25 bits per heavy atom. The third kappa shape index (κ3) is 4.73. The minimum Gasteiger partial charge on any atom is -0.396 e. The summed E-state index contributed by atoms with van der Waals surface area (Å²) in [5.41, 5.74) is 1.25. The summed E-state index contributed by atoms with van der Waals surface area (Å²) >= 11 is 0. The maximum absolute atomic E-state index is 8.95. The van der Waals surface area contributed by atoms with E-state index in [2.05, 4.69) is 30.2 Å². The summed E-state index contributed by atoms with van der Waals surface area (Å²) < 4.78 is 0. The molecule has 0 saturated heterocycles. The van der Waals surface area contributed by atoms with Crippen LogP contribution in [0.5, 0.6) is 0 Å². The third-order valence-corrected chi connectivity index (χ3v) is 2.79. The van der Waals surface area contributed by atoms with Gasteiger partial charge in [-0.3, -0.25) is 4.98 Å². The van der Waals surface area contributed by atoms with Crippen molar-refractivity contribution in [1.29, 1.82) is 0 Å². The van der Waals surface area contributed by atoms with Crippen LogP contribution in [0.4, 0.5) is 0 Å². The zero-order valence-corrected chi connectivity index (χ0v) is 10.2. The van der Waals surface area contributed by atoms with Gasteiger partial charge in [-0.15, -0.1) is 0 Å². The van der Waals surface area contributed by atoms with Crippen molar-refractivity contribution in [3.05, 3.63) is 30.1 Å². The predicted octanol–water partition coefficient (Wildman–Crippen LogP) is 1.62. The van der Waals surface area contributed by atoms with Crippen LogP contribution in [0.25, 0.3) is 0 Å². The molecule has 3 nitrogen and oxygen atoms in total. The Morgan fingerprint density at radius 3 is 2.81 bits per heavy atom. The van der Waals surface area contributed by atoms with Gasteiger partial charge in [0.05, 0.1) is 0 Å². The molecule has 3 heteroatoms. The van der Waals surface area contributed by atoms with Crippen LogP contribution in [0.2, 0.25) is 0 Å². The zero-order valence-electron chi connectivity index (χ0n) is 10.2. The minimum absolute atomic E-state index is 0.253. The molecule has 0 fully saturated rings. The van der Waals surface area contributed by atoms with Crippen LogP contribution >= 0.6 is 0 Å². The molecule has 1 aromatic rings. The summed E-state index contributed by atoms with van der Waals surface area (Å²) in [6.07, 6.45) is 5.50. The van der Waals surface area contributed by atoms with E-state index in [-0.39, 0.29) is 6.61 Å². The van der Waals surface area contributed by atoms with Crippen molar-refractivity contribution in [3.63, 3.8) is 0 Å². The van der Waals surface area contributed by atoms with Crippen LogP contribution in [0, 0.1) is 5.92 Å². The Balaban J connectivity index is 2.28. The summed E-state index contributed by atoms with van der Waals surface area (Å²) in [6.45, 7) is 5.55. The van der Waals surface area contributed by atoms with Crippen molar-refractivity contribution in [3.8, 4) is 0 Å². The molecule has 0 amide bonds. The molecular formula is C13H22N2O. The van der Waals surface area contributed by atoms with Crippen LogP contribution in [0.15, 0.2) is 24.5 Å². The molecule has 1 atom stereocenters. The highest BCUT2D eigenvalue weighted by atomic mass is 16.3. The van der Waals surface area contributed by atoms with Crippen LogP contribution in [0.3, 0.4) is 0 Å². The summed E-state index contributed by atoms with van der Waals surface area (Å²) in [7, 11) is 0. The van der Waals surface area contributed by atoms with Gasteiger partial charge in [0.2, 0.25) is 0 Å². The van der Waals surface area contributed by atoms with Crippen molar-refractivity contribution in [1.82, 2.24) is 10.3 Å². The molecule has 1 unspecified atom stereocenters. The number of hydrogen-bond acceptors (Lipinski definition) is 3. The lowest BCUT2D eigenvalue weighted by atomic mass is 10.0. The first-order valence-electron chi connectivity index (χ1n) is 5.97. The molecule has 0 aliphatic carbocycles. The minimum atomic E-state index is 0.253. The fourth-order valence-electron chi connectivity index (χ4n) is 1.76. The number of nitrogens with one attached hydrogen (secondary N) is 1. The van der Waals surface area contributed by atoms with Crippen molar-refractivity contribution < 1.29 is 5.11 Å². The van der Waals surface area contributed by atoms with Gasteiger partial charge >= 0.3 is 0 Å². The fourth-order valence-corrected chi connectivity index (χ4v) is 1.76. The Labute approximate surface area is 97.9 Å². The third-order valence-electron chi connectivity index (χ3n) is 2.79. The molecule has 1 aromatic heterocycles. The molecule has 1 rings (SSSR count). The molecule has 0 aliphatic heterocycles. The Bertz CT molecular complexity index is 275. The van der Waals surface area contributed by atoms with Gasteiger partial charge in [-0.25, -0.2) is 0 Å². The molecule has 0 aromatic carbocycles. The lowest BCUT2D eigenvalue weighted by Crippen LogP contribution is -2.36. The van der Waals surface area contributed by atoms with Crippen molar-refractivity contribution in [2.75, 3.05) is 13.2 Å². The Morgan fingerprint density at radius 1 is 1.44 bits per heavy atom. The highest BCUT2D eigenvalue weighted by Crippen LogP contribution is 2.05. The smallest absolute Gasteiger partial charge is 0.0445 e. The quantitative estimate of drug-likeness (QED) is 0.737. The summed E-state index contributed by atoms with van der Waals surface area (Å²) in [6, 6.07) is 4.45. The number of aromatic nitrogens is 1. The van der Waals surface area contributed by atoms with Gasteiger partial charge in [-0.1, -0.05) is 19.9 Å². The number of aliphatic hydroxyl groups excluding tert-OH is 1. The molecular weight excluding hydrogens is 200 g/mol. The first-order chi connectivity index (χ1) is 7.74. The zero-order chi connectivity index (χ0) is 11.8. The molecule has 1 heterocycles. The van der Waals surface area contributed by atoms with E-state index in [4.69, 9.17) is 5.11 Å². The first kappa shape index (κ1) is 13.1. The molecule has 0 aliphatic rings. The summed E-state index contributed by atoms with van der Waals surface area (Å²) in [5, 5.41) is 12.4. The van der Waals surface area contributed by atoms with Crippen LogP contribution in [-0.2, 0) is 6.42 Å². The van der Waals surface area contributed by atoms with Gasteiger partial charge < -0.3 is 10.4 Å². The maximum Gasteiger partial charge on any atom is 0.0445 e. The summed E-state index contributed by atoms with van der Waals surface area (Å²) in [4.78, 5) is 4.09. The number of aliphatic hydroxyl groups is 1. The lowest BCUT2D eigenvalue weighted by molar-refractivity contribution is 0.245. The van der Waals surface area contributed by atoms with Gasteiger partial charge in [0, 0.05) is 25.0 Å². The van der Waals surface area contributed by atoms with E-state index in [1.807, 2.05) is 12.3 Å². The van der Waals surface area contributed by atoms with Gasteiger partial charge in [-0.2, -0.15) is 0 Å². The second-order valence-corrected chi connectivity index (χ2v) is 4.43. The van der Waals surface area contributed by atoms with Crippen LogP contribution < -0.4 is 5.32 Å². The van der Waals surface area contributed by atoms with Gasteiger partial charge in [-0.05, 0) is 36.9 Å². The Kier molecular flexibility index (Phi) is 6.04. The van der Waals surface area contributed by atoms with E-state index < -0.39 is 0 Å². The van der Waals surface area contributed by atoms with Crippen molar-refractivity contribution >= 4 is 0 Å². The maximum atomic E-state index is 8.95. The second kappa shape index (κ2) is 7.36. The number of rotatable bonds is 7. The molecule has 0 spiro atoms. The standard InChI is InChI=1S/C13H22N2O/c1-11(2)13(6-9-16)15-8-5-12-4-3-7-14-10-12/h3-4,7,10-11,13,15-16H,5-6,8-9H2,1-2H3. The van der Waals surface area contributed by atoms with Crippen molar-refractivity contribution in [2.45, 2.75) is 32.7 Å². The highest BCUT2D eigenvalue weighted by molar-refractivity contribution is 5.08. The van der Waals surface area contributed by atoms with E-state index in [9.17, 15) is 0 Å². The number of hydrogen-bond donors (Lipinski definition) is 2. The molecule has 0 saturated carbocycles. The Hall–Kier alpha value is -0.930. The lowest BCUT2D eigenvalue weighted by Gasteiger charge is -2.21. The fraction of sp³-hybridized carbons (Fsp3) is 0.615. The van der Waals surface area contributed by atoms with E-state index in [1.165, 1.54) is 5.56 Å². The van der Waals surface area contributed by atoms with E-state index in [0.29, 0.717) is 12.0 Å². The van der Waals surface area contributed by atoms with Gasteiger partial charge in [0.1, 0.15) is 0 Å². The highest BCUT2D eigenvalue weighted by Gasteiger charge is 2.11. The van der Waals surface area contributed by atoms with Crippen LogP contribution in [0.1, 0.15) is 25.8 Å². The normalized spacial score (nSPS) is 13.0. The molecule has 16 heavy (non-hydrogen) atoms. The van der Waals surface area contributed by atoms with E-state index >= 15 is 0 Å². The van der Waals surface area contributed by atoms with E-state index in [1.54, 1.807) is 6.20 Å². The average molecular weight is 222 g/mol. The number of nitrogens with zero attached hydrogens (tertiary/aromatic N) is 1. The average Bonchev–Trinajstić information content (AvgIpc) is 2.29. The number of pyridine rings is 1. The first-order valence-corrected chi connectivity index (χ1v) is 5.97. The molecule has 2 N–H and O–H groups in total. The molecule has 90 valence electrons. The largest absolute Gasteiger partial charge is 0.396 e. The second-order valence-electron chi connectivity index (χ2n) is 4.43. The molecule has 0 bridgehead atoms. The van der Waals surface area contributed by atoms with Crippen LogP contribution in [-0.4, -0.2) is 29.3 Å². The van der Waals surface area contributed by atoms with Gasteiger partial charge in [0.25, 0.3) is 0 Å². The monoisotopic (exact) mass is 222 g/mol. The SMILES string of the molecule is CC(C)C(CCO)NCCc1cccnc1. The van der Waals surface area contributed by atoms with Gasteiger partial charge in [0.15, 0.2) is 0 Å². The molecule has 0 radical (unpaired) electrons. The van der Waals surface area contributed by atoms with E-state index in [0.717, 1.165) is 19.4 Å². The van der Waals surface area contributed by atoms with Crippen molar-refractivity contribution in [2.24, 2.45) is 5.92 Å². The topological polar surface area (TPSA) is 45.1 Å².